The van der Waals surface area contributed by atoms with Crippen LogP contribution in [0.3, 0.4) is 0 Å². The van der Waals surface area contributed by atoms with E-state index in [1.165, 1.54) is 21.5 Å². The van der Waals surface area contributed by atoms with Crippen molar-refractivity contribution in [2.24, 2.45) is 0 Å². The molecular formula is C40H25N3. The number of nitrogens with zero attached hydrogens (tertiary/aromatic N) is 3. The van der Waals surface area contributed by atoms with Crippen LogP contribution in [-0.4, -0.2) is 9.55 Å². The largest absolute Gasteiger partial charge is 0.292 e. The van der Waals surface area contributed by atoms with E-state index in [0.29, 0.717) is 5.56 Å². The monoisotopic (exact) mass is 547 g/mol. The van der Waals surface area contributed by atoms with E-state index < -0.39 is 0 Å². The molecule has 0 bridgehead atoms. The van der Waals surface area contributed by atoms with Gasteiger partial charge < -0.3 is 0 Å². The molecule has 7 aromatic carbocycles. The van der Waals surface area contributed by atoms with Crippen LogP contribution in [0.1, 0.15) is 5.56 Å². The molecule has 1 heterocycles. The van der Waals surface area contributed by atoms with Gasteiger partial charge in [0, 0.05) is 10.9 Å². The average molecular weight is 548 g/mol. The first-order chi connectivity index (χ1) is 21.3. The smallest absolute Gasteiger partial charge is 0.145 e. The van der Waals surface area contributed by atoms with Gasteiger partial charge in [-0.15, -0.1) is 0 Å². The minimum Gasteiger partial charge on any atom is -0.292 e. The number of hydrogen-bond donors (Lipinski definition) is 0. The molecule has 0 atom stereocenters. The minimum atomic E-state index is 0.666. The Kier molecular flexibility index (Phi) is 5.84. The van der Waals surface area contributed by atoms with Crippen LogP contribution < -0.4 is 0 Å². The Morgan fingerprint density at radius 2 is 1.21 bits per heavy atom. The highest BCUT2D eigenvalue weighted by Gasteiger charge is 2.17. The summed E-state index contributed by atoms with van der Waals surface area (Å²) < 4.78 is 2.31. The second-order valence-corrected chi connectivity index (χ2v) is 10.8. The lowest BCUT2D eigenvalue weighted by atomic mass is 9.93. The third-order valence-corrected chi connectivity index (χ3v) is 8.21. The third kappa shape index (κ3) is 4.25. The molecule has 0 radical (unpaired) electrons. The van der Waals surface area contributed by atoms with Crippen LogP contribution in [0.25, 0.3) is 71.9 Å². The van der Waals surface area contributed by atoms with Crippen LogP contribution in [0.5, 0.6) is 0 Å². The molecule has 0 saturated carbocycles. The molecule has 0 spiro atoms. The fraction of sp³-hybridized carbons (Fsp3) is 0. The molecule has 0 fully saturated rings. The predicted molar refractivity (Wildman–Crippen MR) is 177 cm³/mol. The fourth-order valence-electron chi connectivity index (χ4n) is 6.13. The van der Waals surface area contributed by atoms with Crippen molar-refractivity contribution < 1.29 is 0 Å². The molecule has 43 heavy (non-hydrogen) atoms. The average Bonchev–Trinajstić information content (AvgIpc) is 3.47. The molecule has 1 aromatic heterocycles. The van der Waals surface area contributed by atoms with Gasteiger partial charge in [-0.25, -0.2) is 4.98 Å². The maximum absolute atomic E-state index is 9.23. The zero-order chi connectivity index (χ0) is 28.8. The first-order valence-corrected chi connectivity index (χ1v) is 14.4. The van der Waals surface area contributed by atoms with Crippen LogP contribution in [0.2, 0.25) is 0 Å². The minimum absolute atomic E-state index is 0.666. The van der Waals surface area contributed by atoms with Gasteiger partial charge in [0.2, 0.25) is 0 Å². The number of benzene rings is 7. The molecular weight excluding hydrogens is 522 g/mol. The highest BCUT2D eigenvalue weighted by Crippen LogP contribution is 2.37. The molecule has 3 heteroatoms. The second-order valence-electron chi connectivity index (χ2n) is 10.8. The third-order valence-electron chi connectivity index (χ3n) is 8.21. The van der Waals surface area contributed by atoms with Crippen LogP contribution in [0.4, 0.5) is 0 Å². The topological polar surface area (TPSA) is 41.6 Å². The molecule has 8 aromatic rings. The van der Waals surface area contributed by atoms with Crippen molar-refractivity contribution in [2.75, 3.05) is 0 Å². The standard InChI is InChI=1S/C40H25N3/c41-26-27-17-19-28(20-18-27)34-14-8-12-31-23-30(21-22-35(31)34)33-24-32-11-4-5-13-36(32)39(25-33)43-38-16-7-6-15-37(38)42-40(43)29-9-2-1-3-10-29/h1-25H. The van der Waals surface area contributed by atoms with Crippen molar-refractivity contribution >= 4 is 32.6 Å². The van der Waals surface area contributed by atoms with Crippen LogP contribution in [0, 0.1) is 11.3 Å². The van der Waals surface area contributed by atoms with Gasteiger partial charge in [-0.2, -0.15) is 5.26 Å². The summed E-state index contributed by atoms with van der Waals surface area (Å²) in [6.07, 6.45) is 0. The van der Waals surface area contributed by atoms with Crippen molar-refractivity contribution in [3.05, 3.63) is 157 Å². The molecule has 0 unspecified atom stereocenters. The maximum atomic E-state index is 9.23. The van der Waals surface area contributed by atoms with E-state index in [1.807, 2.05) is 36.4 Å². The SMILES string of the molecule is N#Cc1ccc(-c2cccc3cc(-c4cc(-n5c(-c6ccccc6)nc6ccccc65)c5ccccc5c4)ccc23)cc1. The van der Waals surface area contributed by atoms with Gasteiger partial charge in [-0.05, 0) is 80.9 Å². The number of hydrogen-bond acceptors (Lipinski definition) is 2. The maximum Gasteiger partial charge on any atom is 0.145 e. The van der Waals surface area contributed by atoms with Crippen molar-refractivity contribution in [1.29, 1.82) is 5.26 Å². The Morgan fingerprint density at radius 1 is 0.512 bits per heavy atom. The van der Waals surface area contributed by atoms with Crippen LogP contribution >= 0.6 is 0 Å². The Bertz CT molecular complexity index is 2340. The summed E-state index contributed by atoms with van der Waals surface area (Å²) in [4.78, 5) is 5.10. The van der Waals surface area contributed by atoms with Crippen molar-refractivity contribution in [1.82, 2.24) is 9.55 Å². The van der Waals surface area contributed by atoms with Crippen LogP contribution in [0.15, 0.2) is 152 Å². The number of nitriles is 1. The molecule has 8 rings (SSSR count). The molecule has 3 nitrogen and oxygen atoms in total. The predicted octanol–water partition coefficient (Wildman–Crippen LogP) is 10.2. The van der Waals surface area contributed by atoms with E-state index in [0.717, 1.165) is 50.4 Å². The van der Waals surface area contributed by atoms with Gasteiger partial charge in [0.1, 0.15) is 5.82 Å². The number of para-hydroxylation sites is 2. The molecule has 0 saturated heterocycles. The van der Waals surface area contributed by atoms with E-state index in [4.69, 9.17) is 4.98 Å². The summed E-state index contributed by atoms with van der Waals surface area (Å²) in [6.45, 7) is 0. The summed E-state index contributed by atoms with van der Waals surface area (Å²) in [7, 11) is 0. The van der Waals surface area contributed by atoms with E-state index in [-0.39, 0.29) is 0 Å². The summed E-state index contributed by atoms with van der Waals surface area (Å²) in [6, 6.07) is 55.1. The molecule has 0 aliphatic heterocycles. The van der Waals surface area contributed by atoms with Crippen molar-refractivity contribution in [2.45, 2.75) is 0 Å². The normalized spacial score (nSPS) is 11.2. The Morgan fingerprint density at radius 3 is 2.07 bits per heavy atom. The first kappa shape index (κ1) is 24.8. The van der Waals surface area contributed by atoms with Gasteiger partial charge >= 0.3 is 0 Å². The molecule has 0 aliphatic rings. The fourth-order valence-corrected chi connectivity index (χ4v) is 6.13. The number of imidazole rings is 1. The first-order valence-electron chi connectivity index (χ1n) is 14.4. The summed E-state index contributed by atoms with van der Waals surface area (Å²) in [5.41, 5.74) is 9.46. The van der Waals surface area contributed by atoms with E-state index in [2.05, 4.69) is 126 Å². The molecule has 0 amide bonds. The van der Waals surface area contributed by atoms with E-state index in [9.17, 15) is 5.26 Å². The summed E-state index contributed by atoms with van der Waals surface area (Å²) in [5.74, 6) is 0.926. The Hall–Kier alpha value is -5.98. The Labute approximate surface area is 249 Å². The van der Waals surface area contributed by atoms with E-state index >= 15 is 0 Å². The van der Waals surface area contributed by atoms with Gasteiger partial charge in [-0.1, -0.05) is 109 Å². The van der Waals surface area contributed by atoms with Crippen molar-refractivity contribution in [3.63, 3.8) is 0 Å². The second kappa shape index (κ2) is 10.1. The number of fused-ring (bicyclic) bond motifs is 3. The zero-order valence-electron chi connectivity index (χ0n) is 23.3. The zero-order valence-corrected chi connectivity index (χ0v) is 23.3. The lowest BCUT2D eigenvalue weighted by Crippen LogP contribution is -1.99. The summed E-state index contributed by atoms with van der Waals surface area (Å²) in [5, 5.41) is 13.9. The highest BCUT2D eigenvalue weighted by atomic mass is 15.1. The summed E-state index contributed by atoms with van der Waals surface area (Å²) >= 11 is 0. The van der Waals surface area contributed by atoms with Gasteiger partial charge in [-0.3, -0.25) is 4.57 Å². The molecule has 0 aliphatic carbocycles. The lowest BCUT2D eigenvalue weighted by Gasteiger charge is -2.16. The quantitative estimate of drug-likeness (QED) is 0.220. The van der Waals surface area contributed by atoms with Gasteiger partial charge in [0.25, 0.3) is 0 Å². The number of aromatic nitrogens is 2. The van der Waals surface area contributed by atoms with Crippen LogP contribution in [-0.2, 0) is 0 Å². The highest BCUT2D eigenvalue weighted by molar-refractivity contribution is 6.01. The van der Waals surface area contributed by atoms with Gasteiger partial charge in [0.15, 0.2) is 0 Å². The lowest BCUT2D eigenvalue weighted by molar-refractivity contribution is 1.12. The van der Waals surface area contributed by atoms with Crippen molar-refractivity contribution in [3.8, 4) is 45.4 Å². The Balaban J connectivity index is 1.34. The molecule has 200 valence electrons. The number of rotatable bonds is 4. The van der Waals surface area contributed by atoms with E-state index in [1.54, 1.807) is 0 Å². The van der Waals surface area contributed by atoms with Gasteiger partial charge in [0.05, 0.1) is 28.4 Å². The molecule has 0 N–H and O–H groups in total.